The van der Waals surface area contributed by atoms with E-state index in [1.165, 1.54) is 0 Å². The van der Waals surface area contributed by atoms with Gasteiger partial charge in [0, 0.05) is 5.69 Å². The summed E-state index contributed by atoms with van der Waals surface area (Å²) in [6, 6.07) is 5.73. The smallest absolute Gasteiger partial charge is 0.241 e. The van der Waals surface area contributed by atoms with E-state index >= 15 is 0 Å². The minimum Gasteiger partial charge on any atom is -0.494 e. The molecule has 0 aromatic heterocycles. The summed E-state index contributed by atoms with van der Waals surface area (Å²) in [5.74, 6) is 0.916. The van der Waals surface area contributed by atoms with Gasteiger partial charge in [-0.2, -0.15) is 0 Å². The number of hydrogen-bond donors (Lipinski definition) is 2. The Hall–Kier alpha value is -1.55. The molecule has 1 aromatic rings. The minimum absolute atomic E-state index is 0.0459. The molecule has 1 unspecified atom stereocenters. The lowest BCUT2D eigenvalue weighted by molar-refractivity contribution is -0.117. The van der Waals surface area contributed by atoms with E-state index in [1.54, 1.807) is 0 Å². The van der Waals surface area contributed by atoms with Crippen molar-refractivity contribution in [3.8, 4) is 5.75 Å². The lowest BCUT2D eigenvalue weighted by Crippen LogP contribution is -2.35. The largest absolute Gasteiger partial charge is 0.494 e. The maximum Gasteiger partial charge on any atom is 0.241 e. The summed E-state index contributed by atoms with van der Waals surface area (Å²) in [6.07, 6.45) is 2.98. The van der Waals surface area contributed by atoms with Crippen LogP contribution < -0.4 is 15.4 Å². The predicted molar refractivity (Wildman–Crippen MR) is 76.6 cm³/mol. The average Bonchev–Trinajstić information content (AvgIpc) is 2.93. The number of rotatable bonds is 5. The molecule has 19 heavy (non-hydrogen) atoms. The van der Waals surface area contributed by atoms with Gasteiger partial charge in [0.25, 0.3) is 0 Å². The van der Waals surface area contributed by atoms with Crippen LogP contribution in [0.3, 0.4) is 0 Å². The van der Waals surface area contributed by atoms with Crippen molar-refractivity contribution in [3.63, 3.8) is 0 Å². The van der Waals surface area contributed by atoms with Crippen LogP contribution in [0.25, 0.3) is 0 Å². The second-order valence-electron chi connectivity index (χ2n) is 4.96. The van der Waals surface area contributed by atoms with E-state index in [4.69, 9.17) is 4.74 Å². The average molecular weight is 262 g/mol. The first-order chi connectivity index (χ1) is 9.20. The van der Waals surface area contributed by atoms with E-state index in [1.807, 2.05) is 25.1 Å². The number of amides is 1. The first-order valence-electron chi connectivity index (χ1n) is 6.98. The van der Waals surface area contributed by atoms with E-state index in [9.17, 15) is 4.79 Å². The molecule has 0 saturated carbocycles. The highest BCUT2D eigenvalue weighted by atomic mass is 16.5. The van der Waals surface area contributed by atoms with Gasteiger partial charge in [-0.05, 0) is 56.5 Å². The molecule has 2 rings (SSSR count). The molecule has 4 heteroatoms. The number of aryl methyl sites for hydroxylation is 1. The van der Waals surface area contributed by atoms with E-state index in [2.05, 4.69) is 17.6 Å². The van der Waals surface area contributed by atoms with Crippen LogP contribution in [0.1, 0.15) is 31.7 Å². The van der Waals surface area contributed by atoms with E-state index in [-0.39, 0.29) is 11.9 Å². The Labute approximate surface area is 114 Å². The van der Waals surface area contributed by atoms with Crippen LogP contribution in [-0.4, -0.2) is 25.1 Å². The standard InChI is InChI=1S/C15H22N2O2/c1-3-9-19-12-6-7-13(11(2)10-12)17-15(18)14-5-4-8-16-14/h6-7,10,14,16H,3-5,8-9H2,1-2H3,(H,17,18). The lowest BCUT2D eigenvalue weighted by Gasteiger charge is -2.14. The summed E-state index contributed by atoms with van der Waals surface area (Å²) in [5, 5.41) is 6.18. The molecule has 1 atom stereocenters. The lowest BCUT2D eigenvalue weighted by atomic mass is 10.1. The number of carbonyl (C=O) groups excluding carboxylic acids is 1. The van der Waals surface area contributed by atoms with E-state index in [0.717, 1.165) is 49.4 Å². The Morgan fingerprint density at radius 2 is 2.37 bits per heavy atom. The second kappa shape index (κ2) is 6.57. The molecule has 0 bridgehead atoms. The highest BCUT2D eigenvalue weighted by Gasteiger charge is 2.22. The Kier molecular flexibility index (Phi) is 4.80. The summed E-state index contributed by atoms with van der Waals surface area (Å²) in [4.78, 5) is 12.0. The third-order valence-corrected chi connectivity index (χ3v) is 3.31. The number of benzene rings is 1. The van der Waals surface area contributed by atoms with Crippen molar-refractivity contribution in [2.45, 2.75) is 39.2 Å². The monoisotopic (exact) mass is 262 g/mol. The maximum atomic E-state index is 12.0. The zero-order valence-corrected chi connectivity index (χ0v) is 11.7. The second-order valence-corrected chi connectivity index (χ2v) is 4.96. The predicted octanol–water partition coefficient (Wildman–Crippen LogP) is 2.47. The molecule has 2 N–H and O–H groups in total. The van der Waals surface area contributed by atoms with Crippen molar-refractivity contribution < 1.29 is 9.53 Å². The number of anilines is 1. The fraction of sp³-hybridized carbons (Fsp3) is 0.533. The molecule has 0 aliphatic carbocycles. The Bertz CT molecular complexity index is 440. The van der Waals surface area contributed by atoms with Gasteiger partial charge in [0.2, 0.25) is 5.91 Å². The van der Waals surface area contributed by atoms with Crippen LogP contribution >= 0.6 is 0 Å². The van der Waals surface area contributed by atoms with Gasteiger partial charge >= 0.3 is 0 Å². The van der Waals surface area contributed by atoms with Gasteiger partial charge in [-0.25, -0.2) is 0 Å². The molecule has 1 aromatic carbocycles. The number of carbonyl (C=O) groups is 1. The van der Waals surface area contributed by atoms with Gasteiger partial charge in [-0.15, -0.1) is 0 Å². The molecule has 1 heterocycles. The number of hydrogen-bond acceptors (Lipinski definition) is 3. The fourth-order valence-corrected chi connectivity index (χ4v) is 2.21. The van der Waals surface area contributed by atoms with Crippen LogP contribution in [0, 0.1) is 6.92 Å². The van der Waals surface area contributed by atoms with Gasteiger partial charge in [-0.1, -0.05) is 6.92 Å². The summed E-state index contributed by atoms with van der Waals surface area (Å²) in [5.41, 5.74) is 1.89. The van der Waals surface area contributed by atoms with Crippen molar-refractivity contribution in [1.29, 1.82) is 0 Å². The zero-order valence-electron chi connectivity index (χ0n) is 11.7. The highest BCUT2D eigenvalue weighted by molar-refractivity contribution is 5.95. The van der Waals surface area contributed by atoms with Crippen LogP contribution in [-0.2, 0) is 4.79 Å². The van der Waals surface area contributed by atoms with E-state index in [0.29, 0.717) is 0 Å². The third-order valence-electron chi connectivity index (χ3n) is 3.31. The Morgan fingerprint density at radius 3 is 3.00 bits per heavy atom. The van der Waals surface area contributed by atoms with Gasteiger partial charge in [0.05, 0.1) is 12.6 Å². The molecule has 1 saturated heterocycles. The molecule has 1 aliphatic rings. The molecular formula is C15H22N2O2. The summed E-state index contributed by atoms with van der Waals surface area (Å²) in [6.45, 7) is 5.71. The van der Waals surface area contributed by atoms with Crippen LogP contribution in [0.2, 0.25) is 0 Å². The van der Waals surface area contributed by atoms with E-state index < -0.39 is 0 Å². The third kappa shape index (κ3) is 3.70. The molecule has 0 radical (unpaired) electrons. The Morgan fingerprint density at radius 1 is 1.53 bits per heavy atom. The highest BCUT2D eigenvalue weighted by Crippen LogP contribution is 2.22. The number of ether oxygens (including phenoxy) is 1. The Balaban J connectivity index is 1.98. The molecular weight excluding hydrogens is 240 g/mol. The van der Waals surface area contributed by atoms with Crippen molar-refractivity contribution >= 4 is 11.6 Å². The van der Waals surface area contributed by atoms with Crippen LogP contribution in [0.15, 0.2) is 18.2 Å². The summed E-state index contributed by atoms with van der Waals surface area (Å²) >= 11 is 0. The molecule has 1 aliphatic heterocycles. The van der Waals surface area contributed by atoms with Crippen LogP contribution in [0.5, 0.6) is 5.75 Å². The van der Waals surface area contributed by atoms with Crippen molar-refractivity contribution in [3.05, 3.63) is 23.8 Å². The molecule has 104 valence electrons. The molecule has 1 fully saturated rings. The first kappa shape index (κ1) is 13.9. The first-order valence-corrected chi connectivity index (χ1v) is 6.98. The number of nitrogens with one attached hydrogen (secondary N) is 2. The molecule has 4 nitrogen and oxygen atoms in total. The zero-order chi connectivity index (χ0) is 13.7. The minimum atomic E-state index is -0.0459. The van der Waals surface area contributed by atoms with Gasteiger partial charge < -0.3 is 15.4 Å². The topological polar surface area (TPSA) is 50.4 Å². The SMILES string of the molecule is CCCOc1ccc(NC(=O)C2CCCN2)c(C)c1. The van der Waals surface area contributed by atoms with Gasteiger partial charge in [-0.3, -0.25) is 4.79 Å². The van der Waals surface area contributed by atoms with Gasteiger partial charge in [0.15, 0.2) is 0 Å². The van der Waals surface area contributed by atoms with Crippen LogP contribution in [0.4, 0.5) is 5.69 Å². The fourth-order valence-electron chi connectivity index (χ4n) is 2.21. The summed E-state index contributed by atoms with van der Waals surface area (Å²) in [7, 11) is 0. The maximum absolute atomic E-state index is 12.0. The van der Waals surface area contributed by atoms with Gasteiger partial charge in [0.1, 0.15) is 5.75 Å². The quantitative estimate of drug-likeness (QED) is 0.857. The molecule has 1 amide bonds. The van der Waals surface area contributed by atoms with Crippen molar-refractivity contribution in [2.24, 2.45) is 0 Å². The molecule has 0 spiro atoms. The van der Waals surface area contributed by atoms with Crippen molar-refractivity contribution in [1.82, 2.24) is 5.32 Å². The normalized spacial score (nSPS) is 18.3. The van der Waals surface area contributed by atoms with Crippen molar-refractivity contribution in [2.75, 3.05) is 18.5 Å². The summed E-state index contributed by atoms with van der Waals surface area (Å²) < 4.78 is 5.57.